The van der Waals surface area contributed by atoms with Gasteiger partial charge in [0.1, 0.15) is 0 Å². The van der Waals surface area contributed by atoms with Gasteiger partial charge in [0, 0.05) is 11.3 Å². The predicted octanol–water partition coefficient (Wildman–Crippen LogP) is 0.657. The molecule has 88 valence electrons. The van der Waals surface area contributed by atoms with E-state index in [0.717, 1.165) is 0 Å². The molecule has 0 heterocycles. The lowest BCUT2D eigenvalue weighted by Crippen LogP contribution is -2.32. The Balaban J connectivity index is 3.03. The minimum absolute atomic E-state index is 0.139. The van der Waals surface area contributed by atoms with Crippen LogP contribution < -0.4 is 10.5 Å². The Bertz CT molecular complexity index is 509. The molecule has 1 amide bonds. The molecular weight excluding hydrogens is 228 g/mol. The van der Waals surface area contributed by atoms with Crippen LogP contribution in [0.3, 0.4) is 0 Å². The standard InChI is InChI=1S/C10H14N2O3S/c1-3-16(14,15)12-10(13)8-5-4-6-9(11)7(8)2/h4-6H,3,11H2,1-2H3,(H,12,13). The highest BCUT2D eigenvalue weighted by Crippen LogP contribution is 2.15. The molecule has 0 fully saturated rings. The summed E-state index contributed by atoms with van der Waals surface area (Å²) in [5.41, 5.74) is 6.94. The van der Waals surface area contributed by atoms with E-state index in [2.05, 4.69) is 0 Å². The minimum atomic E-state index is -3.54. The second-order valence-corrected chi connectivity index (χ2v) is 5.37. The summed E-state index contributed by atoms with van der Waals surface area (Å²) in [5.74, 6) is -0.785. The van der Waals surface area contributed by atoms with Gasteiger partial charge in [0.15, 0.2) is 0 Å². The van der Waals surface area contributed by atoms with Gasteiger partial charge in [-0.25, -0.2) is 13.1 Å². The first-order valence-corrected chi connectivity index (χ1v) is 6.42. The molecule has 3 N–H and O–H groups in total. The SMILES string of the molecule is CCS(=O)(=O)NC(=O)c1cccc(N)c1C. The van der Waals surface area contributed by atoms with Crippen LogP contribution in [0.2, 0.25) is 0 Å². The summed E-state index contributed by atoms with van der Waals surface area (Å²) < 4.78 is 24.4. The van der Waals surface area contributed by atoms with E-state index in [1.165, 1.54) is 13.0 Å². The van der Waals surface area contributed by atoms with Crippen LogP contribution in [0, 0.1) is 6.92 Å². The summed E-state index contributed by atoms with van der Waals surface area (Å²) >= 11 is 0. The molecule has 0 spiro atoms. The summed E-state index contributed by atoms with van der Waals surface area (Å²) in [6.07, 6.45) is 0. The molecule has 0 aromatic heterocycles. The molecule has 1 aromatic carbocycles. The lowest BCUT2D eigenvalue weighted by atomic mass is 10.1. The number of anilines is 1. The molecule has 1 aromatic rings. The minimum Gasteiger partial charge on any atom is -0.398 e. The lowest BCUT2D eigenvalue weighted by Gasteiger charge is -2.08. The third kappa shape index (κ3) is 2.73. The Hall–Kier alpha value is -1.56. The molecule has 0 saturated heterocycles. The average Bonchev–Trinajstić information content (AvgIpc) is 2.21. The zero-order valence-electron chi connectivity index (χ0n) is 9.15. The number of carbonyl (C=O) groups is 1. The average molecular weight is 242 g/mol. The maximum Gasteiger partial charge on any atom is 0.265 e. The van der Waals surface area contributed by atoms with Gasteiger partial charge in [-0.2, -0.15) is 0 Å². The van der Waals surface area contributed by atoms with E-state index in [4.69, 9.17) is 5.73 Å². The number of nitrogens with one attached hydrogen (secondary N) is 1. The van der Waals surface area contributed by atoms with Crippen LogP contribution in [-0.2, 0) is 10.0 Å². The highest BCUT2D eigenvalue weighted by atomic mass is 32.2. The Kier molecular flexibility index (Phi) is 3.54. The first-order valence-electron chi connectivity index (χ1n) is 4.77. The van der Waals surface area contributed by atoms with Gasteiger partial charge in [0.2, 0.25) is 10.0 Å². The van der Waals surface area contributed by atoms with Crippen molar-refractivity contribution in [2.45, 2.75) is 13.8 Å². The highest BCUT2D eigenvalue weighted by molar-refractivity contribution is 7.90. The normalized spacial score (nSPS) is 11.1. The van der Waals surface area contributed by atoms with Crippen molar-refractivity contribution in [2.75, 3.05) is 11.5 Å². The third-order valence-electron chi connectivity index (χ3n) is 2.25. The van der Waals surface area contributed by atoms with Crippen molar-refractivity contribution in [3.8, 4) is 0 Å². The zero-order valence-corrected chi connectivity index (χ0v) is 9.97. The van der Waals surface area contributed by atoms with Crippen LogP contribution in [0.1, 0.15) is 22.8 Å². The van der Waals surface area contributed by atoms with Gasteiger partial charge in [-0.3, -0.25) is 4.79 Å². The summed E-state index contributed by atoms with van der Waals surface area (Å²) in [5, 5.41) is 0. The number of sulfonamides is 1. The molecule has 16 heavy (non-hydrogen) atoms. The Morgan fingerprint density at radius 3 is 2.62 bits per heavy atom. The summed E-state index contributed by atoms with van der Waals surface area (Å²) in [7, 11) is -3.54. The monoisotopic (exact) mass is 242 g/mol. The van der Waals surface area contributed by atoms with Gasteiger partial charge in [-0.05, 0) is 31.5 Å². The van der Waals surface area contributed by atoms with Crippen molar-refractivity contribution >= 4 is 21.6 Å². The number of nitrogen functional groups attached to an aromatic ring is 1. The molecule has 0 bridgehead atoms. The maximum absolute atomic E-state index is 11.6. The van der Waals surface area contributed by atoms with Gasteiger partial charge in [0.25, 0.3) is 5.91 Å². The van der Waals surface area contributed by atoms with Gasteiger partial charge in [0.05, 0.1) is 5.75 Å². The van der Waals surface area contributed by atoms with Crippen molar-refractivity contribution in [2.24, 2.45) is 0 Å². The van der Waals surface area contributed by atoms with E-state index < -0.39 is 15.9 Å². The largest absolute Gasteiger partial charge is 0.398 e. The quantitative estimate of drug-likeness (QED) is 0.762. The predicted molar refractivity (Wildman–Crippen MR) is 62.5 cm³/mol. The van der Waals surface area contributed by atoms with E-state index in [9.17, 15) is 13.2 Å². The highest BCUT2D eigenvalue weighted by Gasteiger charge is 2.16. The van der Waals surface area contributed by atoms with E-state index in [1.807, 2.05) is 4.72 Å². The third-order valence-corrected chi connectivity index (χ3v) is 3.51. The van der Waals surface area contributed by atoms with Crippen LogP contribution in [0.15, 0.2) is 18.2 Å². The molecule has 6 heteroatoms. The summed E-state index contributed by atoms with van der Waals surface area (Å²) in [4.78, 5) is 11.6. The molecule has 1 rings (SSSR count). The van der Waals surface area contributed by atoms with Crippen molar-refractivity contribution in [1.29, 1.82) is 0 Å². The van der Waals surface area contributed by atoms with Crippen LogP contribution in [0.25, 0.3) is 0 Å². The number of rotatable bonds is 3. The van der Waals surface area contributed by atoms with Crippen LogP contribution in [0.4, 0.5) is 5.69 Å². The molecule has 0 aliphatic heterocycles. The smallest absolute Gasteiger partial charge is 0.265 e. The summed E-state index contributed by atoms with van der Waals surface area (Å²) in [6.45, 7) is 3.13. The Labute approximate surface area is 94.7 Å². The van der Waals surface area contributed by atoms with E-state index in [1.54, 1.807) is 19.1 Å². The van der Waals surface area contributed by atoms with Crippen LogP contribution in [0.5, 0.6) is 0 Å². The molecule has 5 nitrogen and oxygen atoms in total. The molecule has 0 aliphatic carbocycles. The fraction of sp³-hybridized carbons (Fsp3) is 0.300. The van der Waals surface area contributed by atoms with Gasteiger partial charge in [-0.15, -0.1) is 0 Å². The van der Waals surface area contributed by atoms with Gasteiger partial charge in [-0.1, -0.05) is 6.07 Å². The molecule has 0 unspecified atom stereocenters. The topological polar surface area (TPSA) is 89.3 Å². The number of amides is 1. The molecule has 0 atom stereocenters. The second kappa shape index (κ2) is 4.52. The Morgan fingerprint density at radius 2 is 2.06 bits per heavy atom. The summed E-state index contributed by atoms with van der Waals surface area (Å²) in [6, 6.07) is 4.79. The lowest BCUT2D eigenvalue weighted by molar-refractivity contribution is 0.0981. The zero-order chi connectivity index (χ0) is 12.3. The molecular formula is C10H14N2O3S. The molecule has 0 saturated carbocycles. The van der Waals surface area contributed by atoms with E-state index in [0.29, 0.717) is 11.3 Å². The van der Waals surface area contributed by atoms with Gasteiger partial charge >= 0.3 is 0 Å². The van der Waals surface area contributed by atoms with Crippen molar-refractivity contribution in [1.82, 2.24) is 4.72 Å². The number of hydrogen-bond acceptors (Lipinski definition) is 4. The number of nitrogens with two attached hydrogens (primary N) is 1. The Morgan fingerprint density at radius 1 is 1.44 bits per heavy atom. The molecule has 0 radical (unpaired) electrons. The second-order valence-electron chi connectivity index (χ2n) is 3.35. The van der Waals surface area contributed by atoms with E-state index >= 15 is 0 Å². The number of benzene rings is 1. The van der Waals surface area contributed by atoms with Crippen LogP contribution >= 0.6 is 0 Å². The number of carbonyl (C=O) groups excluding carboxylic acids is 1. The van der Waals surface area contributed by atoms with Gasteiger partial charge < -0.3 is 5.73 Å². The fourth-order valence-corrected chi connectivity index (χ4v) is 1.70. The maximum atomic E-state index is 11.6. The van der Waals surface area contributed by atoms with Crippen LogP contribution in [-0.4, -0.2) is 20.1 Å². The fourth-order valence-electron chi connectivity index (χ4n) is 1.17. The van der Waals surface area contributed by atoms with Crippen molar-refractivity contribution in [3.63, 3.8) is 0 Å². The van der Waals surface area contributed by atoms with E-state index in [-0.39, 0.29) is 11.3 Å². The van der Waals surface area contributed by atoms with Crippen molar-refractivity contribution in [3.05, 3.63) is 29.3 Å². The molecule has 0 aliphatic rings. The first-order chi connectivity index (χ1) is 7.37. The number of hydrogen-bond donors (Lipinski definition) is 2. The first kappa shape index (κ1) is 12.5. The van der Waals surface area contributed by atoms with Crippen molar-refractivity contribution < 1.29 is 13.2 Å².